The highest BCUT2D eigenvalue weighted by atomic mass is 32.1. The van der Waals surface area contributed by atoms with Gasteiger partial charge in [0, 0.05) is 0 Å². The zero-order chi connectivity index (χ0) is 7.98. The largest absolute Gasteiger partial charge is 0.179 e. The van der Waals surface area contributed by atoms with Gasteiger partial charge in [-0.05, 0) is 24.0 Å². The first-order valence-electron chi connectivity index (χ1n) is 4.37. The fourth-order valence-electron chi connectivity index (χ4n) is 1.26. The minimum atomic E-state index is 0.846. The summed E-state index contributed by atoms with van der Waals surface area (Å²) in [5.74, 6) is 2.76. The molecule has 0 saturated carbocycles. The second-order valence-corrected chi connectivity index (χ2v) is 3.48. The zero-order valence-electron chi connectivity index (χ0n) is 7.43. The SMILES string of the molecule is CCCC(CS)C(C)CC. The molecule has 2 unspecified atom stereocenters. The van der Waals surface area contributed by atoms with Gasteiger partial charge in [0.1, 0.15) is 0 Å². The summed E-state index contributed by atoms with van der Waals surface area (Å²) in [7, 11) is 0. The third-order valence-corrected chi connectivity index (χ3v) is 2.81. The van der Waals surface area contributed by atoms with Crippen LogP contribution in [-0.4, -0.2) is 5.75 Å². The highest BCUT2D eigenvalue weighted by molar-refractivity contribution is 7.80. The minimum absolute atomic E-state index is 0.846. The van der Waals surface area contributed by atoms with E-state index in [-0.39, 0.29) is 0 Å². The molecule has 10 heavy (non-hydrogen) atoms. The fourth-order valence-corrected chi connectivity index (χ4v) is 1.80. The quantitative estimate of drug-likeness (QED) is 0.586. The molecule has 0 aromatic rings. The van der Waals surface area contributed by atoms with Crippen LogP contribution in [0.5, 0.6) is 0 Å². The van der Waals surface area contributed by atoms with E-state index in [0.717, 1.165) is 17.6 Å². The van der Waals surface area contributed by atoms with Crippen LogP contribution < -0.4 is 0 Å². The van der Waals surface area contributed by atoms with Gasteiger partial charge in [-0.1, -0.05) is 33.6 Å². The normalized spacial score (nSPS) is 16.8. The first-order valence-corrected chi connectivity index (χ1v) is 5.00. The predicted molar refractivity (Wildman–Crippen MR) is 51.7 cm³/mol. The molecule has 0 rings (SSSR count). The molecule has 0 aromatic carbocycles. The van der Waals surface area contributed by atoms with Crippen LogP contribution >= 0.6 is 12.6 Å². The second-order valence-electron chi connectivity index (χ2n) is 3.12. The van der Waals surface area contributed by atoms with E-state index in [9.17, 15) is 0 Å². The lowest BCUT2D eigenvalue weighted by Gasteiger charge is -2.19. The smallest absolute Gasteiger partial charge is 0.00670 e. The summed E-state index contributed by atoms with van der Waals surface area (Å²) >= 11 is 4.34. The molecular weight excluding hydrogens is 140 g/mol. The first kappa shape index (κ1) is 10.3. The Balaban J connectivity index is 3.56. The molecule has 0 N–H and O–H groups in total. The van der Waals surface area contributed by atoms with E-state index < -0.39 is 0 Å². The van der Waals surface area contributed by atoms with Crippen molar-refractivity contribution in [2.45, 2.75) is 40.0 Å². The van der Waals surface area contributed by atoms with Crippen molar-refractivity contribution in [3.63, 3.8) is 0 Å². The summed E-state index contributed by atoms with van der Waals surface area (Å²) in [4.78, 5) is 0. The van der Waals surface area contributed by atoms with Crippen molar-refractivity contribution in [2.75, 3.05) is 5.75 Å². The van der Waals surface area contributed by atoms with Gasteiger partial charge in [-0.2, -0.15) is 12.6 Å². The van der Waals surface area contributed by atoms with Crippen molar-refractivity contribution in [1.82, 2.24) is 0 Å². The van der Waals surface area contributed by atoms with Crippen molar-refractivity contribution < 1.29 is 0 Å². The molecule has 0 saturated heterocycles. The van der Waals surface area contributed by atoms with Crippen molar-refractivity contribution in [3.05, 3.63) is 0 Å². The van der Waals surface area contributed by atoms with Crippen molar-refractivity contribution in [3.8, 4) is 0 Å². The summed E-state index contributed by atoms with van der Waals surface area (Å²) in [5, 5.41) is 0. The van der Waals surface area contributed by atoms with Crippen LogP contribution in [0.25, 0.3) is 0 Å². The van der Waals surface area contributed by atoms with Gasteiger partial charge in [0.05, 0.1) is 0 Å². The lowest BCUT2D eigenvalue weighted by atomic mass is 9.90. The molecule has 0 aliphatic carbocycles. The lowest BCUT2D eigenvalue weighted by Crippen LogP contribution is -2.12. The Morgan fingerprint density at radius 1 is 1.30 bits per heavy atom. The zero-order valence-corrected chi connectivity index (χ0v) is 8.32. The molecule has 0 spiro atoms. The van der Waals surface area contributed by atoms with Gasteiger partial charge in [0.25, 0.3) is 0 Å². The Hall–Kier alpha value is 0.350. The van der Waals surface area contributed by atoms with Gasteiger partial charge in [-0.25, -0.2) is 0 Å². The molecule has 0 nitrogen and oxygen atoms in total. The fraction of sp³-hybridized carbons (Fsp3) is 1.00. The molecule has 0 radical (unpaired) electrons. The third kappa shape index (κ3) is 3.50. The molecule has 0 fully saturated rings. The molecule has 0 heterocycles. The van der Waals surface area contributed by atoms with Gasteiger partial charge in [0.2, 0.25) is 0 Å². The van der Waals surface area contributed by atoms with Crippen molar-refractivity contribution in [2.24, 2.45) is 11.8 Å². The number of rotatable bonds is 5. The summed E-state index contributed by atoms with van der Waals surface area (Å²) in [6.45, 7) is 6.84. The topological polar surface area (TPSA) is 0 Å². The third-order valence-electron chi connectivity index (χ3n) is 2.34. The van der Waals surface area contributed by atoms with E-state index in [4.69, 9.17) is 0 Å². The minimum Gasteiger partial charge on any atom is -0.179 e. The summed E-state index contributed by atoms with van der Waals surface area (Å²) < 4.78 is 0. The van der Waals surface area contributed by atoms with Crippen LogP contribution in [0.3, 0.4) is 0 Å². The van der Waals surface area contributed by atoms with Crippen LogP contribution in [0.2, 0.25) is 0 Å². The predicted octanol–water partition coefficient (Wildman–Crippen LogP) is 3.38. The van der Waals surface area contributed by atoms with Gasteiger partial charge in [0.15, 0.2) is 0 Å². The van der Waals surface area contributed by atoms with Crippen LogP contribution in [0.4, 0.5) is 0 Å². The molecule has 0 aromatic heterocycles. The Labute approximate surface area is 70.8 Å². The molecule has 2 atom stereocenters. The Bertz CT molecular complexity index is 71.1. The average molecular weight is 160 g/mol. The second kappa shape index (κ2) is 6.09. The van der Waals surface area contributed by atoms with Crippen LogP contribution in [0.1, 0.15) is 40.0 Å². The summed E-state index contributed by atoms with van der Waals surface area (Å²) in [5.41, 5.74) is 0. The monoisotopic (exact) mass is 160 g/mol. The maximum absolute atomic E-state index is 4.34. The van der Waals surface area contributed by atoms with E-state index in [2.05, 4.69) is 33.4 Å². The van der Waals surface area contributed by atoms with Gasteiger partial charge >= 0.3 is 0 Å². The molecule has 0 amide bonds. The lowest BCUT2D eigenvalue weighted by molar-refractivity contribution is 0.359. The molecule has 1 heteroatoms. The van der Waals surface area contributed by atoms with E-state index >= 15 is 0 Å². The summed E-state index contributed by atoms with van der Waals surface area (Å²) in [6.07, 6.45) is 3.94. The molecular formula is C9H20S. The number of hydrogen-bond acceptors (Lipinski definition) is 1. The van der Waals surface area contributed by atoms with Gasteiger partial charge < -0.3 is 0 Å². The highest BCUT2D eigenvalue weighted by Crippen LogP contribution is 2.21. The standard InChI is InChI=1S/C9H20S/c1-4-6-9(7-10)8(3)5-2/h8-10H,4-7H2,1-3H3. The van der Waals surface area contributed by atoms with E-state index in [0.29, 0.717) is 0 Å². The van der Waals surface area contributed by atoms with E-state index in [1.54, 1.807) is 0 Å². The van der Waals surface area contributed by atoms with E-state index in [1.807, 2.05) is 0 Å². The molecule has 0 aliphatic heterocycles. The van der Waals surface area contributed by atoms with Gasteiger partial charge in [-0.15, -0.1) is 0 Å². The highest BCUT2D eigenvalue weighted by Gasteiger charge is 2.11. The Morgan fingerprint density at radius 2 is 1.90 bits per heavy atom. The summed E-state index contributed by atoms with van der Waals surface area (Å²) in [6, 6.07) is 0. The Kier molecular flexibility index (Phi) is 6.30. The average Bonchev–Trinajstić information content (AvgIpc) is 1.99. The Morgan fingerprint density at radius 3 is 2.20 bits per heavy atom. The van der Waals surface area contributed by atoms with Crippen molar-refractivity contribution in [1.29, 1.82) is 0 Å². The molecule has 0 bridgehead atoms. The first-order chi connectivity index (χ1) is 4.76. The maximum atomic E-state index is 4.34. The molecule has 62 valence electrons. The van der Waals surface area contributed by atoms with Crippen LogP contribution in [-0.2, 0) is 0 Å². The molecule has 0 aliphatic rings. The van der Waals surface area contributed by atoms with Crippen LogP contribution in [0.15, 0.2) is 0 Å². The maximum Gasteiger partial charge on any atom is -0.00670 e. The van der Waals surface area contributed by atoms with Crippen molar-refractivity contribution >= 4 is 12.6 Å². The van der Waals surface area contributed by atoms with E-state index in [1.165, 1.54) is 19.3 Å². The van der Waals surface area contributed by atoms with Gasteiger partial charge in [-0.3, -0.25) is 0 Å². The van der Waals surface area contributed by atoms with Crippen LogP contribution in [0, 0.1) is 11.8 Å². The number of thiol groups is 1. The number of hydrogen-bond donors (Lipinski definition) is 1.